The molecule has 0 radical (unpaired) electrons. The zero-order valence-electron chi connectivity index (χ0n) is 10.6. The van der Waals surface area contributed by atoms with Crippen molar-refractivity contribution in [3.8, 4) is 0 Å². The maximum Gasteiger partial charge on any atom is 0.253 e. The van der Waals surface area contributed by atoms with Crippen molar-refractivity contribution in [3.05, 3.63) is 29.6 Å². The number of aromatic nitrogens is 1. The van der Waals surface area contributed by atoms with Crippen molar-refractivity contribution in [2.24, 2.45) is 5.73 Å². The van der Waals surface area contributed by atoms with Gasteiger partial charge in [0.15, 0.2) is 0 Å². The molecule has 1 aromatic rings. The van der Waals surface area contributed by atoms with Crippen molar-refractivity contribution < 1.29 is 4.79 Å². The molecule has 0 unspecified atom stereocenters. The van der Waals surface area contributed by atoms with Gasteiger partial charge in [-0.25, -0.2) is 0 Å². The molecule has 0 spiro atoms. The van der Waals surface area contributed by atoms with Gasteiger partial charge in [-0.15, -0.1) is 0 Å². The summed E-state index contributed by atoms with van der Waals surface area (Å²) in [5.74, 6) is 0.0400. The number of nitrogens with two attached hydrogens (primary N) is 1. The zero-order chi connectivity index (χ0) is 12.7. The Morgan fingerprint density at radius 2 is 2.24 bits per heavy atom. The molecule has 0 saturated heterocycles. The Labute approximate surface area is 103 Å². The van der Waals surface area contributed by atoms with Crippen LogP contribution in [0.25, 0.3) is 0 Å². The molecule has 0 aromatic carbocycles. The van der Waals surface area contributed by atoms with Crippen molar-refractivity contribution in [1.82, 2.24) is 9.88 Å². The molecule has 1 heterocycles. The van der Waals surface area contributed by atoms with E-state index >= 15 is 0 Å². The number of pyridine rings is 1. The van der Waals surface area contributed by atoms with Crippen LogP contribution in [0.1, 0.15) is 42.2 Å². The first-order valence-corrected chi connectivity index (χ1v) is 6.09. The first-order chi connectivity index (χ1) is 8.19. The van der Waals surface area contributed by atoms with E-state index in [4.69, 9.17) is 5.73 Å². The number of rotatable bonds is 6. The van der Waals surface area contributed by atoms with Crippen molar-refractivity contribution in [2.45, 2.75) is 32.7 Å². The maximum atomic E-state index is 12.1. The zero-order valence-corrected chi connectivity index (χ0v) is 10.6. The molecule has 0 saturated carbocycles. The number of unbranched alkanes of at least 4 members (excludes halogenated alkanes) is 2. The third kappa shape index (κ3) is 4.15. The summed E-state index contributed by atoms with van der Waals surface area (Å²) >= 11 is 0. The van der Waals surface area contributed by atoms with Crippen LogP contribution in [0, 0.1) is 0 Å². The largest absolute Gasteiger partial charge is 0.342 e. The van der Waals surface area contributed by atoms with Gasteiger partial charge in [0.1, 0.15) is 0 Å². The van der Waals surface area contributed by atoms with Gasteiger partial charge in [-0.1, -0.05) is 19.8 Å². The van der Waals surface area contributed by atoms with Gasteiger partial charge < -0.3 is 10.6 Å². The van der Waals surface area contributed by atoms with E-state index in [0.717, 1.165) is 31.5 Å². The van der Waals surface area contributed by atoms with E-state index in [9.17, 15) is 4.79 Å². The quantitative estimate of drug-likeness (QED) is 0.765. The number of hydrogen-bond donors (Lipinski definition) is 1. The highest BCUT2D eigenvalue weighted by Crippen LogP contribution is 2.06. The number of hydrogen-bond acceptors (Lipinski definition) is 3. The van der Waals surface area contributed by atoms with Gasteiger partial charge in [-0.2, -0.15) is 0 Å². The molecule has 1 rings (SSSR count). The summed E-state index contributed by atoms with van der Waals surface area (Å²) in [5.41, 5.74) is 6.92. The predicted octanol–water partition coefficient (Wildman–Crippen LogP) is 1.80. The highest BCUT2D eigenvalue weighted by molar-refractivity contribution is 5.94. The molecule has 0 fully saturated rings. The number of carbonyl (C=O) groups excluding carboxylic acids is 1. The van der Waals surface area contributed by atoms with Crippen LogP contribution in [-0.2, 0) is 6.54 Å². The standard InChI is InChI=1S/C13H21N3O/c1-3-4-5-8-16(2)13(17)11-6-7-15-12(9-11)10-14/h6-7,9H,3-5,8,10,14H2,1-2H3. The molecule has 1 aromatic heterocycles. The lowest BCUT2D eigenvalue weighted by Gasteiger charge is -2.17. The van der Waals surface area contributed by atoms with Gasteiger partial charge in [0, 0.05) is 31.9 Å². The summed E-state index contributed by atoms with van der Waals surface area (Å²) in [4.78, 5) is 17.9. The van der Waals surface area contributed by atoms with Gasteiger partial charge in [0.05, 0.1) is 5.69 Å². The normalized spacial score (nSPS) is 10.3. The minimum atomic E-state index is 0.0400. The lowest BCUT2D eigenvalue weighted by atomic mass is 10.2. The second-order valence-corrected chi connectivity index (χ2v) is 4.17. The molecular formula is C13H21N3O. The van der Waals surface area contributed by atoms with Crippen molar-refractivity contribution in [1.29, 1.82) is 0 Å². The smallest absolute Gasteiger partial charge is 0.253 e. The summed E-state index contributed by atoms with van der Waals surface area (Å²) in [5, 5.41) is 0. The molecule has 0 aliphatic carbocycles. The van der Waals surface area contributed by atoms with E-state index in [0.29, 0.717) is 12.1 Å². The van der Waals surface area contributed by atoms with Crippen molar-refractivity contribution >= 4 is 5.91 Å². The first-order valence-electron chi connectivity index (χ1n) is 6.09. The van der Waals surface area contributed by atoms with Crippen molar-refractivity contribution in [2.75, 3.05) is 13.6 Å². The van der Waals surface area contributed by atoms with Gasteiger partial charge in [-0.3, -0.25) is 9.78 Å². The van der Waals surface area contributed by atoms with E-state index in [1.807, 2.05) is 7.05 Å². The molecule has 0 aliphatic heterocycles. The van der Waals surface area contributed by atoms with E-state index < -0.39 is 0 Å². The van der Waals surface area contributed by atoms with Crippen LogP contribution in [0.3, 0.4) is 0 Å². The minimum absolute atomic E-state index is 0.0400. The van der Waals surface area contributed by atoms with Crippen LogP contribution in [0.5, 0.6) is 0 Å². The van der Waals surface area contributed by atoms with Gasteiger partial charge >= 0.3 is 0 Å². The Bertz CT molecular complexity index is 365. The van der Waals surface area contributed by atoms with Gasteiger partial charge in [0.2, 0.25) is 0 Å². The molecule has 1 amide bonds. The molecule has 0 atom stereocenters. The van der Waals surface area contributed by atoms with E-state index in [-0.39, 0.29) is 5.91 Å². The van der Waals surface area contributed by atoms with Crippen LogP contribution >= 0.6 is 0 Å². The number of amides is 1. The van der Waals surface area contributed by atoms with Crippen LogP contribution < -0.4 is 5.73 Å². The Balaban J connectivity index is 2.61. The summed E-state index contributed by atoms with van der Waals surface area (Å²) in [6.07, 6.45) is 5.00. The average molecular weight is 235 g/mol. The van der Waals surface area contributed by atoms with Crippen molar-refractivity contribution in [3.63, 3.8) is 0 Å². The Morgan fingerprint density at radius 1 is 1.47 bits per heavy atom. The van der Waals surface area contributed by atoms with Gasteiger partial charge in [0.25, 0.3) is 5.91 Å². The molecule has 4 nitrogen and oxygen atoms in total. The Kier molecular flexibility index (Phi) is 5.63. The van der Waals surface area contributed by atoms with Crippen LogP contribution in [0.15, 0.2) is 18.3 Å². The summed E-state index contributed by atoms with van der Waals surface area (Å²) in [6, 6.07) is 3.50. The second-order valence-electron chi connectivity index (χ2n) is 4.17. The minimum Gasteiger partial charge on any atom is -0.342 e. The predicted molar refractivity (Wildman–Crippen MR) is 68.6 cm³/mol. The van der Waals surface area contributed by atoms with Crippen LogP contribution in [0.2, 0.25) is 0 Å². The summed E-state index contributed by atoms with van der Waals surface area (Å²) in [7, 11) is 1.83. The number of nitrogens with zero attached hydrogens (tertiary/aromatic N) is 2. The van der Waals surface area contributed by atoms with Crippen LogP contribution in [0.4, 0.5) is 0 Å². The van der Waals surface area contributed by atoms with E-state index in [2.05, 4.69) is 11.9 Å². The topological polar surface area (TPSA) is 59.2 Å². The fourth-order valence-corrected chi connectivity index (χ4v) is 1.64. The molecule has 4 heteroatoms. The second kappa shape index (κ2) is 7.01. The fraction of sp³-hybridized carbons (Fsp3) is 0.538. The monoisotopic (exact) mass is 235 g/mol. The molecule has 17 heavy (non-hydrogen) atoms. The SMILES string of the molecule is CCCCCN(C)C(=O)c1ccnc(CN)c1. The summed E-state index contributed by atoms with van der Waals surface area (Å²) < 4.78 is 0. The number of carbonyl (C=O) groups is 1. The lowest BCUT2D eigenvalue weighted by molar-refractivity contribution is 0.0792. The first kappa shape index (κ1) is 13.6. The van der Waals surface area contributed by atoms with E-state index in [1.54, 1.807) is 23.2 Å². The molecule has 2 N–H and O–H groups in total. The Hall–Kier alpha value is -1.42. The molecule has 94 valence electrons. The average Bonchev–Trinajstić information content (AvgIpc) is 2.38. The summed E-state index contributed by atoms with van der Waals surface area (Å²) in [6.45, 7) is 3.31. The third-order valence-corrected chi connectivity index (χ3v) is 2.72. The highest BCUT2D eigenvalue weighted by Gasteiger charge is 2.11. The van der Waals surface area contributed by atoms with Crippen LogP contribution in [-0.4, -0.2) is 29.4 Å². The Morgan fingerprint density at radius 3 is 2.88 bits per heavy atom. The lowest BCUT2D eigenvalue weighted by Crippen LogP contribution is -2.27. The molecule has 0 bridgehead atoms. The molecule has 0 aliphatic rings. The molecular weight excluding hydrogens is 214 g/mol. The maximum absolute atomic E-state index is 12.1. The highest BCUT2D eigenvalue weighted by atomic mass is 16.2. The van der Waals surface area contributed by atoms with Gasteiger partial charge in [-0.05, 0) is 18.6 Å². The van der Waals surface area contributed by atoms with E-state index in [1.165, 1.54) is 0 Å². The fourth-order valence-electron chi connectivity index (χ4n) is 1.64. The third-order valence-electron chi connectivity index (χ3n) is 2.72.